The summed E-state index contributed by atoms with van der Waals surface area (Å²) in [5.41, 5.74) is 2.36. The normalized spacial score (nSPS) is 17.6. The van der Waals surface area contributed by atoms with Crippen LogP contribution in [0.5, 0.6) is 0 Å². The minimum Gasteiger partial charge on any atom is -0.317 e. The number of aromatic nitrogens is 2. The second-order valence-corrected chi connectivity index (χ2v) is 7.82. The standard InChI is InChI=1S/C21H24N4S/c1-2-7-17(8-3-1)19-15-23-21(26-19)25-20-10-4-9-18(24-20)14-16-6-5-12-22-13-11-16/h1-4,7-10,15-16,22H,5-6,11-14H2,(H,23,24,25). The SMILES string of the molecule is c1ccc(-c2cnc(Nc3cccc(CC4CCCNCC4)n3)s2)cc1. The quantitative estimate of drug-likeness (QED) is 0.677. The molecule has 2 aromatic heterocycles. The Balaban J connectivity index is 1.43. The maximum atomic E-state index is 4.81. The number of thiazole rings is 1. The van der Waals surface area contributed by atoms with Crippen molar-refractivity contribution < 1.29 is 0 Å². The van der Waals surface area contributed by atoms with E-state index in [-0.39, 0.29) is 0 Å². The lowest BCUT2D eigenvalue weighted by Crippen LogP contribution is -2.14. The van der Waals surface area contributed by atoms with E-state index in [4.69, 9.17) is 4.98 Å². The van der Waals surface area contributed by atoms with E-state index in [0.717, 1.165) is 41.3 Å². The van der Waals surface area contributed by atoms with Gasteiger partial charge in [-0.3, -0.25) is 0 Å². The summed E-state index contributed by atoms with van der Waals surface area (Å²) in [6.07, 6.45) is 6.78. The molecule has 1 aliphatic rings. The summed E-state index contributed by atoms with van der Waals surface area (Å²) in [4.78, 5) is 10.5. The van der Waals surface area contributed by atoms with Crippen molar-refractivity contribution in [3.05, 3.63) is 60.4 Å². The smallest absolute Gasteiger partial charge is 0.188 e. The van der Waals surface area contributed by atoms with Crippen molar-refractivity contribution in [2.24, 2.45) is 5.92 Å². The predicted molar refractivity (Wildman–Crippen MR) is 109 cm³/mol. The Bertz CT molecular complexity index is 823. The number of rotatable bonds is 5. The van der Waals surface area contributed by atoms with Gasteiger partial charge in [0.05, 0.1) is 4.88 Å². The molecule has 0 aliphatic carbocycles. The third-order valence-corrected chi connectivity index (χ3v) is 5.76. The summed E-state index contributed by atoms with van der Waals surface area (Å²) < 4.78 is 0. The zero-order valence-corrected chi connectivity index (χ0v) is 15.6. The fraction of sp³-hybridized carbons (Fsp3) is 0.333. The lowest BCUT2D eigenvalue weighted by atomic mass is 9.95. The van der Waals surface area contributed by atoms with Gasteiger partial charge in [0.15, 0.2) is 5.13 Å². The van der Waals surface area contributed by atoms with E-state index in [2.05, 4.69) is 52.0 Å². The average molecular weight is 365 g/mol. The number of benzene rings is 1. The van der Waals surface area contributed by atoms with Crippen LogP contribution in [-0.2, 0) is 6.42 Å². The Morgan fingerprint density at radius 3 is 2.88 bits per heavy atom. The van der Waals surface area contributed by atoms with Crippen LogP contribution in [0.3, 0.4) is 0 Å². The molecule has 1 saturated heterocycles. The number of pyridine rings is 1. The van der Waals surface area contributed by atoms with Gasteiger partial charge in [0, 0.05) is 11.9 Å². The van der Waals surface area contributed by atoms with E-state index in [1.54, 1.807) is 11.3 Å². The van der Waals surface area contributed by atoms with Gasteiger partial charge in [0.25, 0.3) is 0 Å². The highest BCUT2D eigenvalue weighted by molar-refractivity contribution is 7.18. The van der Waals surface area contributed by atoms with Crippen LogP contribution in [0.25, 0.3) is 10.4 Å². The molecule has 1 atom stereocenters. The number of hydrogen-bond acceptors (Lipinski definition) is 5. The molecule has 0 amide bonds. The number of nitrogens with one attached hydrogen (secondary N) is 2. The molecule has 134 valence electrons. The van der Waals surface area contributed by atoms with Gasteiger partial charge in [-0.05, 0) is 62.4 Å². The van der Waals surface area contributed by atoms with Crippen molar-refractivity contribution in [2.45, 2.75) is 25.7 Å². The summed E-state index contributed by atoms with van der Waals surface area (Å²) in [5.74, 6) is 1.61. The van der Waals surface area contributed by atoms with Gasteiger partial charge in [0.1, 0.15) is 5.82 Å². The van der Waals surface area contributed by atoms with E-state index >= 15 is 0 Å². The van der Waals surface area contributed by atoms with E-state index in [9.17, 15) is 0 Å². The molecule has 0 saturated carbocycles. The van der Waals surface area contributed by atoms with Crippen LogP contribution in [0.4, 0.5) is 10.9 Å². The van der Waals surface area contributed by atoms with Crippen molar-refractivity contribution in [1.82, 2.24) is 15.3 Å². The van der Waals surface area contributed by atoms with Crippen molar-refractivity contribution in [1.29, 1.82) is 0 Å². The second-order valence-electron chi connectivity index (χ2n) is 6.79. The molecule has 1 unspecified atom stereocenters. The van der Waals surface area contributed by atoms with Crippen LogP contribution in [0.2, 0.25) is 0 Å². The van der Waals surface area contributed by atoms with Gasteiger partial charge < -0.3 is 10.6 Å². The Hall–Kier alpha value is -2.24. The number of hydrogen-bond donors (Lipinski definition) is 2. The molecular weight excluding hydrogens is 340 g/mol. The van der Waals surface area contributed by atoms with Gasteiger partial charge in [-0.2, -0.15) is 0 Å². The van der Waals surface area contributed by atoms with E-state index in [1.807, 2.05) is 18.3 Å². The zero-order valence-electron chi connectivity index (χ0n) is 14.8. The zero-order chi connectivity index (χ0) is 17.6. The fourth-order valence-corrected chi connectivity index (χ4v) is 4.26. The summed E-state index contributed by atoms with van der Waals surface area (Å²) in [5, 5.41) is 7.73. The highest BCUT2D eigenvalue weighted by atomic mass is 32.1. The summed E-state index contributed by atoms with van der Waals surface area (Å²) in [7, 11) is 0. The van der Waals surface area contributed by atoms with Gasteiger partial charge in [0.2, 0.25) is 0 Å². The molecule has 5 heteroatoms. The Morgan fingerprint density at radius 1 is 1.04 bits per heavy atom. The molecule has 3 aromatic rings. The molecule has 1 aliphatic heterocycles. The first-order chi connectivity index (χ1) is 12.9. The molecule has 0 spiro atoms. The average Bonchev–Trinajstić information content (AvgIpc) is 2.98. The number of nitrogens with zero attached hydrogens (tertiary/aromatic N) is 2. The summed E-state index contributed by atoms with van der Waals surface area (Å²) >= 11 is 1.65. The minimum absolute atomic E-state index is 0.734. The molecule has 3 heterocycles. The van der Waals surface area contributed by atoms with Crippen LogP contribution < -0.4 is 10.6 Å². The van der Waals surface area contributed by atoms with Crippen molar-refractivity contribution in [3.8, 4) is 10.4 Å². The van der Waals surface area contributed by atoms with Crippen molar-refractivity contribution >= 4 is 22.3 Å². The fourth-order valence-electron chi connectivity index (χ4n) is 3.43. The third kappa shape index (κ3) is 4.48. The lowest BCUT2D eigenvalue weighted by Gasteiger charge is -2.13. The Morgan fingerprint density at radius 2 is 1.96 bits per heavy atom. The molecule has 0 radical (unpaired) electrons. The van der Waals surface area contributed by atoms with Crippen molar-refractivity contribution in [3.63, 3.8) is 0 Å². The first kappa shape index (κ1) is 17.2. The maximum absolute atomic E-state index is 4.81. The van der Waals surface area contributed by atoms with Crippen LogP contribution in [0.1, 0.15) is 25.0 Å². The topological polar surface area (TPSA) is 49.8 Å². The molecule has 2 N–H and O–H groups in total. The van der Waals surface area contributed by atoms with Crippen LogP contribution in [0.15, 0.2) is 54.7 Å². The molecule has 1 aromatic carbocycles. The minimum atomic E-state index is 0.734. The van der Waals surface area contributed by atoms with Crippen molar-refractivity contribution in [2.75, 3.05) is 18.4 Å². The second kappa shape index (κ2) is 8.43. The third-order valence-electron chi connectivity index (χ3n) is 4.80. The molecular formula is C21H24N4S. The molecule has 4 nitrogen and oxygen atoms in total. The van der Waals surface area contributed by atoms with E-state index in [1.165, 1.54) is 30.5 Å². The molecule has 4 rings (SSSR count). The summed E-state index contributed by atoms with van der Waals surface area (Å²) in [6, 6.07) is 16.6. The van der Waals surface area contributed by atoms with Gasteiger partial charge in [-0.25, -0.2) is 9.97 Å². The first-order valence-corrected chi connectivity index (χ1v) is 10.1. The molecule has 26 heavy (non-hydrogen) atoms. The Kier molecular flexibility index (Phi) is 5.57. The Labute approximate surface area is 158 Å². The largest absolute Gasteiger partial charge is 0.317 e. The highest BCUT2D eigenvalue weighted by Crippen LogP contribution is 2.30. The lowest BCUT2D eigenvalue weighted by molar-refractivity contribution is 0.465. The van der Waals surface area contributed by atoms with E-state index in [0.29, 0.717) is 0 Å². The monoisotopic (exact) mass is 364 g/mol. The van der Waals surface area contributed by atoms with Gasteiger partial charge >= 0.3 is 0 Å². The van der Waals surface area contributed by atoms with Crippen LogP contribution >= 0.6 is 11.3 Å². The van der Waals surface area contributed by atoms with Gasteiger partial charge in [-0.1, -0.05) is 47.7 Å². The van der Waals surface area contributed by atoms with Gasteiger partial charge in [-0.15, -0.1) is 0 Å². The van der Waals surface area contributed by atoms with Crippen LogP contribution in [0, 0.1) is 5.92 Å². The molecule has 1 fully saturated rings. The summed E-state index contributed by atoms with van der Waals surface area (Å²) in [6.45, 7) is 2.28. The highest BCUT2D eigenvalue weighted by Gasteiger charge is 2.13. The maximum Gasteiger partial charge on any atom is 0.188 e. The number of anilines is 2. The molecule has 0 bridgehead atoms. The van der Waals surface area contributed by atoms with Crippen LogP contribution in [-0.4, -0.2) is 23.1 Å². The predicted octanol–water partition coefficient (Wildman–Crippen LogP) is 4.88. The van der Waals surface area contributed by atoms with E-state index < -0.39 is 0 Å². The first-order valence-electron chi connectivity index (χ1n) is 9.32.